The monoisotopic (exact) mass is 434 g/mol. The molecule has 6 nitrogen and oxygen atoms in total. The Kier molecular flexibility index (Phi) is 8.90. The predicted octanol–water partition coefficient (Wildman–Crippen LogP) is 1.92. The van der Waals surface area contributed by atoms with Crippen LogP contribution in [-0.4, -0.2) is 65.3 Å². The molecule has 7 heteroatoms. The van der Waals surface area contributed by atoms with Gasteiger partial charge in [0.05, 0.1) is 6.20 Å². The lowest BCUT2D eigenvalue weighted by Gasteiger charge is -2.35. The van der Waals surface area contributed by atoms with Gasteiger partial charge in [-0.25, -0.2) is 0 Å². The van der Waals surface area contributed by atoms with Crippen LogP contribution in [0.25, 0.3) is 0 Å². The Morgan fingerprint density at radius 2 is 2.26 bits per heavy atom. The maximum absolute atomic E-state index is 4.41. The standard InChI is InChI=1S/C16H30N6.HI/c1-5-22-9-7-6-8-15(22)11-18-16(17-2)20(3)12-14-10-19-21(4)13-14;/h10,13,15H,5-9,11-12H2,1-4H3,(H,17,18);1H. The number of nitrogens with one attached hydrogen (secondary N) is 1. The van der Waals surface area contributed by atoms with Crippen LogP contribution < -0.4 is 5.32 Å². The van der Waals surface area contributed by atoms with E-state index in [0.29, 0.717) is 6.04 Å². The van der Waals surface area contributed by atoms with Crippen LogP contribution in [0.4, 0.5) is 0 Å². The van der Waals surface area contributed by atoms with Crippen molar-refractivity contribution in [2.24, 2.45) is 12.0 Å². The molecular weight excluding hydrogens is 403 g/mol. The largest absolute Gasteiger partial charge is 0.355 e. The number of likely N-dealkylation sites (N-methyl/N-ethyl adjacent to an activating group) is 1. The Balaban J connectivity index is 0.00000264. The molecule has 1 saturated heterocycles. The molecular formula is C16H31IN6. The Bertz CT molecular complexity index is 487. The lowest BCUT2D eigenvalue weighted by molar-refractivity contribution is 0.156. The van der Waals surface area contributed by atoms with Gasteiger partial charge in [0.25, 0.3) is 0 Å². The summed E-state index contributed by atoms with van der Waals surface area (Å²) < 4.78 is 1.83. The van der Waals surface area contributed by atoms with Crippen LogP contribution in [-0.2, 0) is 13.6 Å². The maximum atomic E-state index is 4.41. The van der Waals surface area contributed by atoms with Crippen molar-refractivity contribution < 1.29 is 0 Å². The summed E-state index contributed by atoms with van der Waals surface area (Å²) in [6, 6.07) is 0.627. The number of piperidine rings is 1. The molecule has 1 N–H and O–H groups in total. The lowest BCUT2D eigenvalue weighted by atomic mass is 10.0. The van der Waals surface area contributed by atoms with Gasteiger partial charge >= 0.3 is 0 Å². The van der Waals surface area contributed by atoms with E-state index in [1.807, 2.05) is 31.2 Å². The third-order valence-electron chi connectivity index (χ3n) is 4.40. The molecule has 0 amide bonds. The highest BCUT2D eigenvalue weighted by Crippen LogP contribution is 2.15. The summed E-state index contributed by atoms with van der Waals surface area (Å²) in [5.41, 5.74) is 1.20. The van der Waals surface area contributed by atoms with Gasteiger partial charge < -0.3 is 10.2 Å². The van der Waals surface area contributed by atoms with Crippen molar-refractivity contribution in [1.29, 1.82) is 0 Å². The smallest absolute Gasteiger partial charge is 0.193 e. The van der Waals surface area contributed by atoms with Gasteiger partial charge in [0.15, 0.2) is 5.96 Å². The van der Waals surface area contributed by atoms with Gasteiger partial charge in [-0.3, -0.25) is 14.6 Å². The maximum Gasteiger partial charge on any atom is 0.193 e. The van der Waals surface area contributed by atoms with E-state index in [1.54, 1.807) is 0 Å². The molecule has 0 bridgehead atoms. The fourth-order valence-electron chi connectivity index (χ4n) is 3.20. The number of aliphatic imine (C=N–C) groups is 1. The zero-order valence-corrected chi connectivity index (χ0v) is 17.2. The number of likely N-dealkylation sites (tertiary alicyclic amines) is 1. The molecule has 1 unspecified atom stereocenters. The number of hydrogen-bond donors (Lipinski definition) is 1. The van der Waals surface area contributed by atoms with Crippen LogP contribution in [0.5, 0.6) is 0 Å². The molecule has 2 heterocycles. The molecule has 0 aromatic carbocycles. The number of halogens is 1. The molecule has 1 aliphatic rings. The van der Waals surface area contributed by atoms with Gasteiger partial charge in [0, 0.05) is 52.0 Å². The Morgan fingerprint density at radius 3 is 2.87 bits per heavy atom. The molecule has 0 aliphatic carbocycles. The average Bonchev–Trinajstić information content (AvgIpc) is 2.93. The van der Waals surface area contributed by atoms with Crippen LogP contribution in [0.3, 0.4) is 0 Å². The van der Waals surface area contributed by atoms with Gasteiger partial charge in [-0.15, -0.1) is 24.0 Å². The van der Waals surface area contributed by atoms with Crippen molar-refractivity contribution >= 4 is 29.9 Å². The third kappa shape index (κ3) is 5.95. The average molecular weight is 434 g/mol. The third-order valence-corrected chi connectivity index (χ3v) is 4.40. The fraction of sp³-hybridized carbons (Fsp3) is 0.750. The van der Waals surface area contributed by atoms with E-state index in [-0.39, 0.29) is 24.0 Å². The minimum absolute atomic E-state index is 0. The minimum atomic E-state index is 0. The van der Waals surface area contributed by atoms with Crippen molar-refractivity contribution in [3.05, 3.63) is 18.0 Å². The Labute approximate surface area is 157 Å². The SMILES string of the molecule is CCN1CCCCC1CNC(=NC)N(C)Cc1cnn(C)c1.I. The van der Waals surface area contributed by atoms with Crippen LogP contribution in [0, 0.1) is 0 Å². The summed E-state index contributed by atoms with van der Waals surface area (Å²) in [5.74, 6) is 0.950. The van der Waals surface area contributed by atoms with Gasteiger partial charge in [0.1, 0.15) is 0 Å². The highest BCUT2D eigenvalue weighted by molar-refractivity contribution is 14.0. The Hall–Kier alpha value is -0.830. The topological polar surface area (TPSA) is 48.7 Å². The lowest BCUT2D eigenvalue weighted by Crippen LogP contribution is -2.49. The van der Waals surface area contributed by atoms with E-state index in [1.165, 1.54) is 31.4 Å². The number of aromatic nitrogens is 2. The number of hydrogen-bond acceptors (Lipinski definition) is 3. The summed E-state index contributed by atoms with van der Waals surface area (Å²) in [7, 11) is 5.86. The van der Waals surface area contributed by atoms with Crippen molar-refractivity contribution in [3.63, 3.8) is 0 Å². The van der Waals surface area contributed by atoms with Crippen LogP contribution >= 0.6 is 24.0 Å². The molecule has 1 fully saturated rings. The van der Waals surface area contributed by atoms with Gasteiger partial charge in [-0.05, 0) is 25.9 Å². The van der Waals surface area contributed by atoms with Gasteiger partial charge in [-0.2, -0.15) is 5.10 Å². The van der Waals surface area contributed by atoms with Crippen molar-refractivity contribution in [1.82, 2.24) is 24.9 Å². The second kappa shape index (κ2) is 10.1. The highest BCUT2D eigenvalue weighted by Gasteiger charge is 2.21. The summed E-state index contributed by atoms with van der Waals surface area (Å²) in [6.45, 7) is 6.40. The van der Waals surface area contributed by atoms with E-state index in [0.717, 1.165) is 25.6 Å². The molecule has 2 rings (SSSR count). The summed E-state index contributed by atoms with van der Waals surface area (Å²) in [5, 5.41) is 7.76. The van der Waals surface area contributed by atoms with Gasteiger partial charge in [0.2, 0.25) is 0 Å². The molecule has 1 aliphatic heterocycles. The highest BCUT2D eigenvalue weighted by atomic mass is 127. The molecule has 0 saturated carbocycles. The van der Waals surface area contributed by atoms with Crippen molar-refractivity contribution in [3.8, 4) is 0 Å². The normalized spacial score (nSPS) is 19.3. The van der Waals surface area contributed by atoms with Gasteiger partial charge in [-0.1, -0.05) is 13.3 Å². The molecule has 23 heavy (non-hydrogen) atoms. The second-order valence-electron chi connectivity index (χ2n) is 6.08. The van der Waals surface area contributed by atoms with Crippen LogP contribution in [0.15, 0.2) is 17.4 Å². The van der Waals surface area contributed by atoms with E-state index in [2.05, 4.69) is 39.2 Å². The van der Waals surface area contributed by atoms with E-state index in [4.69, 9.17) is 0 Å². The zero-order chi connectivity index (χ0) is 15.9. The summed E-state index contributed by atoms with van der Waals surface area (Å²) >= 11 is 0. The van der Waals surface area contributed by atoms with E-state index in [9.17, 15) is 0 Å². The number of guanidine groups is 1. The molecule has 1 atom stereocenters. The minimum Gasteiger partial charge on any atom is -0.355 e. The quantitative estimate of drug-likeness (QED) is 0.437. The van der Waals surface area contributed by atoms with Crippen LogP contribution in [0.2, 0.25) is 0 Å². The van der Waals surface area contributed by atoms with Crippen LogP contribution in [0.1, 0.15) is 31.7 Å². The number of aryl methyl sites for hydroxylation is 1. The number of rotatable bonds is 5. The fourth-order valence-corrected chi connectivity index (χ4v) is 3.20. The molecule has 1 aromatic heterocycles. The molecule has 1 aromatic rings. The summed E-state index contributed by atoms with van der Waals surface area (Å²) in [6.07, 6.45) is 7.91. The summed E-state index contributed by atoms with van der Waals surface area (Å²) in [4.78, 5) is 9.14. The zero-order valence-electron chi connectivity index (χ0n) is 14.8. The second-order valence-corrected chi connectivity index (χ2v) is 6.08. The predicted molar refractivity (Wildman–Crippen MR) is 106 cm³/mol. The molecule has 132 valence electrons. The first kappa shape index (κ1) is 20.2. The molecule has 0 spiro atoms. The number of nitrogens with zero attached hydrogens (tertiary/aromatic N) is 5. The first-order chi connectivity index (χ1) is 10.6. The molecule has 0 radical (unpaired) electrons. The van der Waals surface area contributed by atoms with Crippen molar-refractivity contribution in [2.45, 2.75) is 38.8 Å². The van der Waals surface area contributed by atoms with Crippen molar-refractivity contribution in [2.75, 3.05) is 33.7 Å². The van der Waals surface area contributed by atoms with E-state index < -0.39 is 0 Å². The first-order valence-corrected chi connectivity index (χ1v) is 8.27. The Morgan fingerprint density at radius 1 is 1.48 bits per heavy atom. The first-order valence-electron chi connectivity index (χ1n) is 8.27. The van der Waals surface area contributed by atoms with E-state index >= 15 is 0 Å².